The van der Waals surface area contributed by atoms with Crippen molar-refractivity contribution < 1.29 is 18.3 Å². The lowest BCUT2D eigenvalue weighted by atomic mass is 9.99. The van der Waals surface area contributed by atoms with Crippen LogP contribution in [0.5, 0.6) is 0 Å². The maximum absolute atomic E-state index is 12.1. The summed E-state index contributed by atoms with van der Waals surface area (Å²) in [6.07, 6.45) is -3.34. The summed E-state index contributed by atoms with van der Waals surface area (Å²) in [5.74, 6) is 0.530. The van der Waals surface area contributed by atoms with Crippen molar-refractivity contribution in [2.75, 3.05) is 13.2 Å². The fourth-order valence-electron chi connectivity index (χ4n) is 1.88. The summed E-state index contributed by atoms with van der Waals surface area (Å²) in [7, 11) is 0. The summed E-state index contributed by atoms with van der Waals surface area (Å²) in [5.41, 5.74) is 1.81. The molecule has 0 aliphatic rings. The monoisotopic (exact) mass is 275 g/mol. The second-order valence-electron chi connectivity index (χ2n) is 5.07. The fourth-order valence-corrected chi connectivity index (χ4v) is 1.88. The predicted octanol–water partition coefficient (Wildman–Crippen LogP) is 3.07. The van der Waals surface area contributed by atoms with E-state index in [1.165, 1.54) is 0 Å². The van der Waals surface area contributed by atoms with Gasteiger partial charge in [0.05, 0.1) is 19.2 Å². The van der Waals surface area contributed by atoms with Crippen LogP contribution in [0.1, 0.15) is 31.0 Å². The van der Waals surface area contributed by atoms with E-state index < -0.39 is 18.8 Å². The third-order valence-corrected chi connectivity index (χ3v) is 2.76. The SMILES string of the molecule is CC(C)Cc1ccc(C(CO)NCC(F)(F)F)cc1. The quantitative estimate of drug-likeness (QED) is 0.836. The van der Waals surface area contributed by atoms with Gasteiger partial charge in [0.2, 0.25) is 0 Å². The molecule has 1 aromatic rings. The average Bonchev–Trinajstić information content (AvgIpc) is 2.29. The third-order valence-electron chi connectivity index (χ3n) is 2.76. The summed E-state index contributed by atoms with van der Waals surface area (Å²) in [5, 5.41) is 11.5. The van der Waals surface area contributed by atoms with Gasteiger partial charge >= 0.3 is 6.18 Å². The van der Waals surface area contributed by atoms with Crippen LogP contribution >= 0.6 is 0 Å². The fraction of sp³-hybridized carbons (Fsp3) is 0.571. The van der Waals surface area contributed by atoms with E-state index in [9.17, 15) is 13.2 Å². The Morgan fingerprint density at radius 1 is 1.16 bits per heavy atom. The number of nitrogens with one attached hydrogen (secondary N) is 1. The van der Waals surface area contributed by atoms with Gasteiger partial charge in [-0.1, -0.05) is 38.1 Å². The van der Waals surface area contributed by atoms with Gasteiger partial charge in [-0.05, 0) is 23.5 Å². The molecule has 2 nitrogen and oxygen atoms in total. The van der Waals surface area contributed by atoms with Crippen LogP contribution in [0.15, 0.2) is 24.3 Å². The zero-order valence-electron chi connectivity index (χ0n) is 11.2. The largest absolute Gasteiger partial charge is 0.401 e. The average molecular weight is 275 g/mol. The lowest BCUT2D eigenvalue weighted by Gasteiger charge is -2.18. The number of aliphatic hydroxyl groups is 1. The smallest absolute Gasteiger partial charge is 0.394 e. The summed E-state index contributed by atoms with van der Waals surface area (Å²) in [4.78, 5) is 0. The Kier molecular flexibility index (Phi) is 5.82. The number of aliphatic hydroxyl groups excluding tert-OH is 1. The normalized spacial score (nSPS) is 13.8. The molecule has 1 unspecified atom stereocenters. The highest BCUT2D eigenvalue weighted by Gasteiger charge is 2.28. The van der Waals surface area contributed by atoms with Crippen LogP contribution in [0.25, 0.3) is 0 Å². The molecule has 19 heavy (non-hydrogen) atoms. The summed E-state index contributed by atoms with van der Waals surface area (Å²) in [6.45, 7) is 2.75. The molecule has 0 heterocycles. The molecule has 0 saturated heterocycles. The maximum Gasteiger partial charge on any atom is 0.401 e. The second kappa shape index (κ2) is 6.91. The highest BCUT2D eigenvalue weighted by molar-refractivity contribution is 5.25. The zero-order valence-corrected chi connectivity index (χ0v) is 11.2. The van der Waals surface area contributed by atoms with Crippen molar-refractivity contribution >= 4 is 0 Å². The van der Waals surface area contributed by atoms with Crippen molar-refractivity contribution in [3.8, 4) is 0 Å². The minimum Gasteiger partial charge on any atom is -0.394 e. The standard InChI is InChI=1S/C14H20F3NO/c1-10(2)7-11-3-5-12(6-4-11)13(8-19)18-9-14(15,16)17/h3-6,10,13,18-19H,7-9H2,1-2H3. The van der Waals surface area contributed by atoms with Crippen molar-refractivity contribution in [3.05, 3.63) is 35.4 Å². The first-order chi connectivity index (χ1) is 8.81. The van der Waals surface area contributed by atoms with E-state index in [1.807, 2.05) is 12.1 Å². The predicted molar refractivity (Wildman–Crippen MR) is 68.9 cm³/mol. The third kappa shape index (κ3) is 6.07. The molecule has 2 N–H and O–H groups in total. The van der Waals surface area contributed by atoms with E-state index >= 15 is 0 Å². The molecule has 0 spiro atoms. The highest BCUT2D eigenvalue weighted by Crippen LogP contribution is 2.18. The topological polar surface area (TPSA) is 32.3 Å². The molecule has 5 heteroatoms. The second-order valence-corrected chi connectivity index (χ2v) is 5.07. The zero-order chi connectivity index (χ0) is 14.5. The Labute approximate surface area is 111 Å². The molecule has 0 aromatic heterocycles. The molecule has 0 aliphatic heterocycles. The minimum atomic E-state index is -4.27. The van der Waals surface area contributed by atoms with E-state index in [0.29, 0.717) is 11.5 Å². The molecular weight excluding hydrogens is 255 g/mol. The molecular formula is C14H20F3NO. The lowest BCUT2D eigenvalue weighted by Crippen LogP contribution is -2.33. The van der Waals surface area contributed by atoms with Crippen LogP contribution in [0, 0.1) is 5.92 Å². The summed E-state index contributed by atoms with van der Waals surface area (Å²) < 4.78 is 36.4. The molecule has 0 bridgehead atoms. The van der Waals surface area contributed by atoms with Crippen molar-refractivity contribution in [1.29, 1.82) is 0 Å². The molecule has 108 valence electrons. The van der Waals surface area contributed by atoms with Gasteiger partial charge in [-0.3, -0.25) is 5.32 Å². The molecule has 1 aromatic carbocycles. The van der Waals surface area contributed by atoms with Gasteiger partial charge in [0.1, 0.15) is 0 Å². The highest BCUT2D eigenvalue weighted by atomic mass is 19.4. The maximum atomic E-state index is 12.1. The van der Waals surface area contributed by atoms with Gasteiger partial charge in [-0.15, -0.1) is 0 Å². The number of alkyl halides is 3. The first-order valence-electron chi connectivity index (χ1n) is 6.31. The van der Waals surface area contributed by atoms with E-state index in [4.69, 9.17) is 5.11 Å². The number of halogens is 3. The first kappa shape index (κ1) is 16.0. The van der Waals surface area contributed by atoms with Crippen LogP contribution < -0.4 is 5.32 Å². The van der Waals surface area contributed by atoms with Crippen molar-refractivity contribution in [2.45, 2.75) is 32.5 Å². The molecule has 1 atom stereocenters. The van der Waals surface area contributed by atoms with Gasteiger partial charge in [0.15, 0.2) is 0 Å². The first-order valence-corrected chi connectivity index (χ1v) is 6.31. The van der Waals surface area contributed by atoms with Gasteiger partial charge in [0.25, 0.3) is 0 Å². The molecule has 1 rings (SSSR count). The molecule has 0 amide bonds. The Bertz CT molecular complexity index is 373. The Morgan fingerprint density at radius 2 is 1.74 bits per heavy atom. The van der Waals surface area contributed by atoms with E-state index in [2.05, 4.69) is 19.2 Å². The summed E-state index contributed by atoms with van der Waals surface area (Å²) in [6, 6.07) is 6.64. The van der Waals surface area contributed by atoms with Crippen molar-refractivity contribution in [3.63, 3.8) is 0 Å². The van der Waals surface area contributed by atoms with Crippen LogP contribution in [-0.2, 0) is 6.42 Å². The minimum absolute atomic E-state index is 0.362. The Hall–Kier alpha value is -1.07. The van der Waals surface area contributed by atoms with E-state index in [0.717, 1.165) is 12.0 Å². The van der Waals surface area contributed by atoms with Crippen LogP contribution in [0.4, 0.5) is 13.2 Å². The van der Waals surface area contributed by atoms with E-state index in [-0.39, 0.29) is 6.61 Å². The Morgan fingerprint density at radius 3 is 2.16 bits per heavy atom. The van der Waals surface area contributed by atoms with Crippen LogP contribution in [0.3, 0.4) is 0 Å². The number of rotatable bonds is 6. The summed E-state index contributed by atoms with van der Waals surface area (Å²) >= 11 is 0. The van der Waals surface area contributed by atoms with Gasteiger partial charge in [-0.2, -0.15) is 13.2 Å². The lowest BCUT2D eigenvalue weighted by molar-refractivity contribution is -0.126. The van der Waals surface area contributed by atoms with Gasteiger partial charge in [-0.25, -0.2) is 0 Å². The number of hydrogen-bond acceptors (Lipinski definition) is 2. The molecule has 0 radical (unpaired) electrons. The molecule has 0 saturated carbocycles. The van der Waals surface area contributed by atoms with Crippen LogP contribution in [0.2, 0.25) is 0 Å². The van der Waals surface area contributed by atoms with Gasteiger partial charge in [0, 0.05) is 0 Å². The van der Waals surface area contributed by atoms with Crippen molar-refractivity contribution in [2.24, 2.45) is 5.92 Å². The van der Waals surface area contributed by atoms with E-state index in [1.54, 1.807) is 12.1 Å². The van der Waals surface area contributed by atoms with Crippen LogP contribution in [-0.4, -0.2) is 24.4 Å². The van der Waals surface area contributed by atoms with Gasteiger partial charge < -0.3 is 5.11 Å². The number of benzene rings is 1. The molecule has 0 fully saturated rings. The van der Waals surface area contributed by atoms with Crippen molar-refractivity contribution in [1.82, 2.24) is 5.32 Å². The Balaban J connectivity index is 2.66. The number of hydrogen-bond donors (Lipinski definition) is 2. The molecule has 0 aliphatic carbocycles.